The zero-order chi connectivity index (χ0) is 21.7. The maximum absolute atomic E-state index is 13.1. The Bertz CT molecular complexity index is 1050. The molecule has 1 aromatic carbocycles. The molecule has 0 aliphatic rings. The molecule has 0 bridgehead atoms. The number of hydrogen-bond acceptors (Lipinski definition) is 7. The summed E-state index contributed by atoms with van der Waals surface area (Å²) in [6.45, 7) is 0. The number of methoxy groups -OCH3 is 2. The van der Waals surface area contributed by atoms with E-state index in [-0.39, 0.29) is 17.2 Å². The number of carbonyl (C=O) groups is 1. The molecule has 0 aliphatic carbocycles. The van der Waals surface area contributed by atoms with E-state index in [4.69, 9.17) is 14.2 Å². The van der Waals surface area contributed by atoms with Crippen LogP contribution in [0.2, 0.25) is 0 Å². The van der Waals surface area contributed by atoms with E-state index < -0.39 is 29.2 Å². The Morgan fingerprint density at radius 1 is 1.03 bits per heavy atom. The second-order valence-corrected chi connectivity index (χ2v) is 5.76. The van der Waals surface area contributed by atoms with Crippen molar-refractivity contribution in [3.8, 4) is 23.1 Å². The first-order valence-corrected chi connectivity index (χ1v) is 8.38. The monoisotopic (exact) mass is 420 g/mol. The largest absolute Gasteiger partial charge is 0.497 e. The van der Waals surface area contributed by atoms with Gasteiger partial charge in [-0.1, -0.05) is 0 Å². The topological polar surface area (TPSA) is 95.5 Å². The highest BCUT2D eigenvalue weighted by molar-refractivity contribution is 6.05. The van der Waals surface area contributed by atoms with E-state index in [1.165, 1.54) is 44.8 Å². The first kappa shape index (κ1) is 20.8. The summed E-state index contributed by atoms with van der Waals surface area (Å²) in [4.78, 5) is 16.5. The molecule has 0 atom stereocenters. The number of nitrogens with zero attached hydrogens (tertiary/aromatic N) is 3. The maximum Gasteiger partial charge on any atom is 0.435 e. The van der Waals surface area contributed by atoms with Crippen molar-refractivity contribution in [2.75, 3.05) is 19.5 Å². The molecule has 11 heteroatoms. The number of ether oxygens (including phenoxy) is 3. The molecule has 0 saturated heterocycles. The molecule has 156 valence electrons. The summed E-state index contributed by atoms with van der Waals surface area (Å²) < 4.78 is 55.1. The van der Waals surface area contributed by atoms with Crippen LogP contribution in [0.1, 0.15) is 16.1 Å². The van der Waals surface area contributed by atoms with Crippen molar-refractivity contribution in [1.82, 2.24) is 15.2 Å². The summed E-state index contributed by atoms with van der Waals surface area (Å²) in [6, 6.07) is 8.15. The van der Waals surface area contributed by atoms with Gasteiger partial charge in [-0.2, -0.15) is 13.2 Å². The van der Waals surface area contributed by atoms with E-state index in [2.05, 4.69) is 20.5 Å². The predicted octanol–water partition coefficient (Wildman–Crippen LogP) is 3.95. The summed E-state index contributed by atoms with van der Waals surface area (Å²) in [5.41, 5.74) is -1.53. The van der Waals surface area contributed by atoms with Crippen LogP contribution in [-0.2, 0) is 6.18 Å². The number of hydrogen-bond donors (Lipinski definition) is 1. The smallest absolute Gasteiger partial charge is 0.435 e. The van der Waals surface area contributed by atoms with Gasteiger partial charge in [0.1, 0.15) is 11.3 Å². The van der Waals surface area contributed by atoms with Crippen LogP contribution >= 0.6 is 0 Å². The Morgan fingerprint density at radius 2 is 1.83 bits per heavy atom. The van der Waals surface area contributed by atoms with Crippen LogP contribution in [0.3, 0.4) is 0 Å². The van der Waals surface area contributed by atoms with E-state index in [1.54, 1.807) is 12.1 Å². The van der Waals surface area contributed by atoms with Crippen molar-refractivity contribution in [1.29, 1.82) is 0 Å². The standard InChI is InChI=1S/C19H15F3N4O4/c1-28-12-5-6-14(15(8-12)29-2)30-18-13(9-16(25-26-18)19(20,21)22)17(27)24-11-4-3-7-23-10-11/h3-10H,1-2H3,(H,24,27). The Hall–Kier alpha value is -3.89. The van der Waals surface area contributed by atoms with Gasteiger partial charge in [-0.15, -0.1) is 10.2 Å². The van der Waals surface area contributed by atoms with E-state index in [0.717, 1.165) is 0 Å². The summed E-state index contributed by atoms with van der Waals surface area (Å²) in [6.07, 6.45) is -1.98. The lowest BCUT2D eigenvalue weighted by Gasteiger charge is -2.14. The first-order chi connectivity index (χ1) is 14.3. The molecule has 0 fully saturated rings. The molecular formula is C19H15F3N4O4. The van der Waals surface area contributed by atoms with Gasteiger partial charge in [0.2, 0.25) is 0 Å². The van der Waals surface area contributed by atoms with E-state index in [1.807, 2.05) is 0 Å². The van der Waals surface area contributed by atoms with Crippen LogP contribution in [0.4, 0.5) is 18.9 Å². The molecule has 0 saturated carbocycles. The predicted molar refractivity (Wildman–Crippen MR) is 98.8 cm³/mol. The number of pyridine rings is 1. The molecule has 1 N–H and O–H groups in total. The number of halogens is 3. The molecule has 0 spiro atoms. The highest BCUT2D eigenvalue weighted by atomic mass is 19.4. The van der Waals surface area contributed by atoms with Crippen LogP contribution in [0, 0.1) is 0 Å². The fourth-order valence-electron chi connectivity index (χ4n) is 2.36. The highest BCUT2D eigenvalue weighted by Crippen LogP contribution is 2.36. The number of alkyl halides is 3. The lowest BCUT2D eigenvalue weighted by atomic mass is 10.2. The zero-order valence-electron chi connectivity index (χ0n) is 15.7. The molecule has 30 heavy (non-hydrogen) atoms. The minimum atomic E-state index is -4.80. The molecule has 3 aromatic rings. The van der Waals surface area contributed by atoms with Crippen molar-refractivity contribution < 1.29 is 32.2 Å². The fraction of sp³-hybridized carbons (Fsp3) is 0.158. The van der Waals surface area contributed by atoms with Gasteiger partial charge >= 0.3 is 6.18 Å². The number of amides is 1. The van der Waals surface area contributed by atoms with E-state index in [9.17, 15) is 18.0 Å². The molecule has 0 unspecified atom stereocenters. The third-order valence-corrected chi connectivity index (χ3v) is 3.79. The Balaban J connectivity index is 2.00. The van der Waals surface area contributed by atoms with Gasteiger partial charge in [-0.05, 0) is 30.3 Å². The van der Waals surface area contributed by atoms with E-state index >= 15 is 0 Å². The molecular weight excluding hydrogens is 405 g/mol. The fourth-order valence-corrected chi connectivity index (χ4v) is 2.36. The summed E-state index contributed by atoms with van der Waals surface area (Å²) in [5.74, 6) is -0.538. The normalized spacial score (nSPS) is 11.0. The number of nitrogens with one attached hydrogen (secondary N) is 1. The van der Waals surface area contributed by atoms with Crippen molar-refractivity contribution in [3.05, 3.63) is 60.0 Å². The van der Waals surface area contributed by atoms with Crippen LogP contribution in [0.15, 0.2) is 48.8 Å². The van der Waals surface area contributed by atoms with Gasteiger partial charge in [-0.3, -0.25) is 9.78 Å². The highest BCUT2D eigenvalue weighted by Gasteiger charge is 2.35. The maximum atomic E-state index is 13.1. The van der Waals surface area contributed by atoms with Gasteiger partial charge in [0.05, 0.1) is 26.1 Å². The van der Waals surface area contributed by atoms with Gasteiger partial charge in [0.25, 0.3) is 11.8 Å². The van der Waals surface area contributed by atoms with Crippen LogP contribution in [0.25, 0.3) is 0 Å². The number of benzene rings is 1. The molecule has 1 amide bonds. The number of carbonyl (C=O) groups excluding carboxylic acids is 1. The number of aromatic nitrogens is 3. The van der Waals surface area contributed by atoms with Gasteiger partial charge in [0, 0.05) is 12.3 Å². The minimum Gasteiger partial charge on any atom is -0.497 e. The Morgan fingerprint density at radius 3 is 2.47 bits per heavy atom. The number of anilines is 1. The van der Waals surface area contributed by atoms with Gasteiger partial charge in [0.15, 0.2) is 17.2 Å². The van der Waals surface area contributed by atoms with Gasteiger partial charge in [-0.25, -0.2) is 0 Å². The van der Waals surface area contributed by atoms with E-state index in [0.29, 0.717) is 11.8 Å². The molecule has 3 rings (SSSR count). The molecule has 0 aliphatic heterocycles. The Kier molecular flexibility index (Phi) is 6.00. The van der Waals surface area contributed by atoms with Crippen molar-refractivity contribution in [2.45, 2.75) is 6.18 Å². The zero-order valence-corrected chi connectivity index (χ0v) is 15.7. The second kappa shape index (κ2) is 8.64. The van der Waals surface area contributed by atoms with Crippen LogP contribution < -0.4 is 19.5 Å². The minimum absolute atomic E-state index is 0.0998. The summed E-state index contributed by atoms with van der Waals surface area (Å²) in [7, 11) is 2.83. The van der Waals surface area contributed by atoms with Crippen LogP contribution in [-0.4, -0.2) is 35.3 Å². The average Bonchev–Trinajstić information content (AvgIpc) is 2.74. The van der Waals surface area contributed by atoms with Crippen molar-refractivity contribution >= 4 is 11.6 Å². The van der Waals surface area contributed by atoms with Crippen LogP contribution in [0.5, 0.6) is 23.1 Å². The van der Waals surface area contributed by atoms with Crippen molar-refractivity contribution in [3.63, 3.8) is 0 Å². The summed E-state index contributed by atoms with van der Waals surface area (Å²) in [5, 5.41) is 9.04. The Labute approximate surface area is 168 Å². The third-order valence-electron chi connectivity index (χ3n) is 3.79. The quantitative estimate of drug-likeness (QED) is 0.645. The number of rotatable bonds is 6. The lowest BCUT2D eigenvalue weighted by molar-refractivity contribution is -0.141. The first-order valence-electron chi connectivity index (χ1n) is 8.38. The molecule has 2 aromatic heterocycles. The third kappa shape index (κ3) is 4.74. The molecule has 0 radical (unpaired) electrons. The van der Waals surface area contributed by atoms with Gasteiger partial charge < -0.3 is 19.5 Å². The second-order valence-electron chi connectivity index (χ2n) is 5.76. The average molecular weight is 420 g/mol. The summed E-state index contributed by atoms with van der Waals surface area (Å²) >= 11 is 0. The molecule has 8 nitrogen and oxygen atoms in total. The van der Waals surface area contributed by atoms with Crippen molar-refractivity contribution in [2.24, 2.45) is 0 Å². The SMILES string of the molecule is COc1ccc(Oc2nnc(C(F)(F)F)cc2C(=O)Nc2cccnc2)c(OC)c1. The molecule has 2 heterocycles. The lowest BCUT2D eigenvalue weighted by Crippen LogP contribution is -2.18.